The van der Waals surface area contributed by atoms with E-state index >= 15 is 0 Å². The third kappa shape index (κ3) is 4.89. The van der Waals surface area contributed by atoms with Gasteiger partial charge in [-0.1, -0.05) is 27.7 Å². The Morgan fingerprint density at radius 2 is 1.80 bits per heavy atom. The highest BCUT2D eigenvalue weighted by Gasteiger charge is 2.80. The minimum Gasteiger partial charge on any atom is -0.394 e. The Hall–Kier alpha value is -2.65. The summed E-state index contributed by atoms with van der Waals surface area (Å²) in [5.74, 6) is -2.15. The van der Waals surface area contributed by atoms with Crippen LogP contribution < -0.4 is 15.5 Å². The zero-order chi connectivity index (χ0) is 29.4. The van der Waals surface area contributed by atoms with Crippen LogP contribution in [0.4, 0.5) is 11.4 Å². The maximum atomic E-state index is 14.3. The number of aliphatic hydroxyl groups is 1. The molecule has 222 valence electrons. The summed E-state index contributed by atoms with van der Waals surface area (Å²) in [6.07, 6.45) is 1.81. The lowest BCUT2D eigenvalue weighted by Crippen LogP contribution is -2.56. The lowest BCUT2D eigenvalue weighted by atomic mass is 9.62. The number of carbonyl (C=O) groups excluding carboxylic acids is 3. The molecule has 3 heterocycles. The molecule has 0 saturated carbocycles. The van der Waals surface area contributed by atoms with Gasteiger partial charge >= 0.3 is 0 Å². The first-order valence-corrected chi connectivity index (χ1v) is 15.1. The maximum Gasteiger partial charge on any atom is 0.250 e. The molecule has 9 nitrogen and oxygen atoms in total. The van der Waals surface area contributed by atoms with E-state index in [1.807, 2.05) is 58.9 Å². The summed E-state index contributed by atoms with van der Waals surface area (Å²) in [7, 11) is 0. The van der Waals surface area contributed by atoms with Gasteiger partial charge in [0.25, 0.3) is 0 Å². The second-order valence-electron chi connectivity index (χ2n) is 12.4. The first-order chi connectivity index (χ1) is 19.0. The third-order valence-electron chi connectivity index (χ3n) is 9.44. The van der Waals surface area contributed by atoms with Gasteiger partial charge in [0, 0.05) is 31.0 Å². The van der Waals surface area contributed by atoms with Crippen molar-refractivity contribution < 1.29 is 24.2 Å². The molecule has 2 bridgehead atoms. The highest BCUT2D eigenvalue weighted by atomic mass is 16.5. The van der Waals surface area contributed by atoms with E-state index in [2.05, 4.69) is 29.4 Å². The van der Waals surface area contributed by atoms with Crippen LogP contribution in [0.1, 0.15) is 67.7 Å². The fourth-order valence-corrected chi connectivity index (χ4v) is 7.50. The van der Waals surface area contributed by atoms with Crippen molar-refractivity contribution in [1.29, 1.82) is 0 Å². The molecule has 1 aromatic rings. The van der Waals surface area contributed by atoms with Gasteiger partial charge in [-0.15, -0.1) is 0 Å². The molecule has 1 aromatic carbocycles. The number of hydrogen-bond donors (Lipinski definition) is 3. The Morgan fingerprint density at radius 1 is 1.15 bits per heavy atom. The Kier molecular flexibility index (Phi) is 8.85. The van der Waals surface area contributed by atoms with Crippen LogP contribution in [0, 0.1) is 23.7 Å². The molecule has 3 amide bonds. The number of aliphatic hydroxyl groups excluding tert-OH is 1. The van der Waals surface area contributed by atoms with Gasteiger partial charge in [-0.3, -0.25) is 14.4 Å². The molecule has 40 heavy (non-hydrogen) atoms. The van der Waals surface area contributed by atoms with Crippen molar-refractivity contribution >= 4 is 29.1 Å². The van der Waals surface area contributed by atoms with E-state index in [1.54, 1.807) is 4.90 Å². The number of likely N-dealkylation sites (tertiary alicyclic amines) is 1. The number of amides is 3. The van der Waals surface area contributed by atoms with Gasteiger partial charge in [-0.05, 0) is 76.1 Å². The normalized spacial score (nSPS) is 31.4. The molecular formula is C31H48N4O5. The summed E-state index contributed by atoms with van der Waals surface area (Å²) in [5.41, 5.74) is -0.311. The van der Waals surface area contributed by atoms with Crippen LogP contribution in [0.15, 0.2) is 24.3 Å². The van der Waals surface area contributed by atoms with Gasteiger partial charge in [-0.25, -0.2) is 0 Å². The predicted octanol–water partition coefficient (Wildman–Crippen LogP) is 3.42. The van der Waals surface area contributed by atoms with E-state index in [0.717, 1.165) is 25.2 Å². The molecule has 3 aliphatic heterocycles. The molecule has 9 heteroatoms. The first-order valence-electron chi connectivity index (χ1n) is 15.1. The van der Waals surface area contributed by atoms with Crippen molar-refractivity contribution in [2.75, 3.05) is 36.5 Å². The molecular weight excluding hydrogens is 508 g/mol. The lowest BCUT2D eigenvalue weighted by molar-refractivity contribution is -0.149. The smallest absolute Gasteiger partial charge is 0.250 e. The molecule has 3 N–H and O–H groups in total. The fourth-order valence-electron chi connectivity index (χ4n) is 7.50. The van der Waals surface area contributed by atoms with Crippen molar-refractivity contribution in [3.05, 3.63) is 24.3 Å². The van der Waals surface area contributed by atoms with Crippen molar-refractivity contribution in [2.24, 2.45) is 23.7 Å². The maximum absolute atomic E-state index is 14.3. The van der Waals surface area contributed by atoms with Crippen LogP contribution >= 0.6 is 0 Å². The average Bonchev–Trinajstić information content (AvgIpc) is 3.44. The van der Waals surface area contributed by atoms with E-state index in [0.29, 0.717) is 25.1 Å². The molecule has 3 fully saturated rings. The van der Waals surface area contributed by atoms with Gasteiger partial charge < -0.3 is 30.3 Å². The molecule has 1 spiro atoms. The molecule has 4 rings (SSSR count). The highest BCUT2D eigenvalue weighted by Crippen LogP contribution is 2.65. The SMILES string of the molecule is CCCNC(=O)[C@@H]1[C@H]2C(=O)N([C@@H](CO)CC(C)C)C(C(=O)Nc3ccc(N(CC)CC)cc3)C23CC(C)[C@@]1(C)O3. The highest BCUT2D eigenvalue weighted by molar-refractivity contribution is 6.04. The average molecular weight is 557 g/mol. The van der Waals surface area contributed by atoms with Gasteiger partial charge in [0.1, 0.15) is 11.6 Å². The Morgan fingerprint density at radius 3 is 2.35 bits per heavy atom. The number of carbonyl (C=O) groups is 3. The summed E-state index contributed by atoms with van der Waals surface area (Å²) in [6, 6.07) is 6.18. The number of anilines is 2. The van der Waals surface area contributed by atoms with Crippen LogP contribution in [0.3, 0.4) is 0 Å². The number of nitrogens with one attached hydrogen (secondary N) is 2. The number of rotatable bonds is 12. The summed E-state index contributed by atoms with van der Waals surface area (Å²) in [6.45, 7) is 16.2. The van der Waals surface area contributed by atoms with Crippen LogP contribution in [-0.2, 0) is 19.1 Å². The third-order valence-corrected chi connectivity index (χ3v) is 9.44. The molecule has 0 aromatic heterocycles. The van der Waals surface area contributed by atoms with Crippen LogP contribution in [-0.4, -0.2) is 77.3 Å². The Bertz CT molecular complexity index is 1090. The van der Waals surface area contributed by atoms with E-state index in [4.69, 9.17) is 4.74 Å². The predicted molar refractivity (Wildman–Crippen MR) is 156 cm³/mol. The molecule has 0 aliphatic carbocycles. The standard InChI is InChI=1S/C31H48N4O5/c1-8-15-32-27(37)24-25-29(39)35(23(18-36)16-19(4)5)26(31(25)17-20(6)30(24,7)40-31)28(38)33-21-11-13-22(14-12-21)34(9-2)10-3/h11-14,19-20,23-26,36H,8-10,15-18H2,1-7H3,(H,32,37)(H,33,38)/t20?,23-,24+,25+,26?,30-,31?/m1/s1. The van der Waals surface area contributed by atoms with Crippen LogP contribution in [0.2, 0.25) is 0 Å². The summed E-state index contributed by atoms with van der Waals surface area (Å²) in [5, 5.41) is 16.5. The lowest BCUT2D eigenvalue weighted by Gasteiger charge is -2.37. The van der Waals surface area contributed by atoms with Gasteiger partial charge in [0.05, 0.1) is 30.1 Å². The summed E-state index contributed by atoms with van der Waals surface area (Å²) >= 11 is 0. The topological polar surface area (TPSA) is 111 Å². The van der Waals surface area contributed by atoms with Gasteiger partial charge in [-0.2, -0.15) is 0 Å². The second kappa shape index (κ2) is 11.7. The van der Waals surface area contributed by atoms with Crippen molar-refractivity contribution in [2.45, 2.75) is 91.0 Å². The molecule has 3 aliphatic rings. The second-order valence-corrected chi connectivity index (χ2v) is 12.4. The van der Waals surface area contributed by atoms with Crippen molar-refractivity contribution in [3.63, 3.8) is 0 Å². The zero-order valence-corrected chi connectivity index (χ0v) is 25.2. The number of hydrogen-bond acceptors (Lipinski definition) is 6. The number of benzene rings is 1. The van der Waals surface area contributed by atoms with E-state index < -0.39 is 35.1 Å². The minimum atomic E-state index is -1.14. The monoisotopic (exact) mass is 556 g/mol. The Balaban J connectivity index is 1.74. The number of nitrogens with zero attached hydrogens (tertiary/aromatic N) is 2. The largest absolute Gasteiger partial charge is 0.394 e. The van der Waals surface area contributed by atoms with Crippen LogP contribution in [0.25, 0.3) is 0 Å². The fraction of sp³-hybridized carbons (Fsp3) is 0.710. The molecule has 0 radical (unpaired) electrons. The van der Waals surface area contributed by atoms with E-state index in [-0.39, 0.29) is 36.2 Å². The Labute approximate surface area is 239 Å². The number of ether oxygens (including phenoxy) is 1. The van der Waals surface area contributed by atoms with Gasteiger partial charge in [0.2, 0.25) is 17.7 Å². The quantitative estimate of drug-likeness (QED) is 0.364. The van der Waals surface area contributed by atoms with E-state index in [9.17, 15) is 19.5 Å². The summed E-state index contributed by atoms with van der Waals surface area (Å²) < 4.78 is 6.78. The molecule has 3 unspecified atom stereocenters. The number of fused-ring (bicyclic) bond motifs is 1. The van der Waals surface area contributed by atoms with Crippen molar-refractivity contribution in [1.82, 2.24) is 10.2 Å². The first kappa shape index (κ1) is 30.3. The summed E-state index contributed by atoms with van der Waals surface area (Å²) in [4.78, 5) is 45.9. The molecule has 3 saturated heterocycles. The molecule has 7 atom stereocenters. The van der Waals surface area contributed by atoms with Gasteiger partial charge in [0.15, 0.2) is 0 Å². The van der Waals surface area contributed by atoms with Crippen LogP contribution in [0.5, 0.6) is 0 Å². The van der Waals surface area contributed by atoms with E-state index in [1.165, 1.54) is 0 Å². The minimum absolute atomic E-state index is 0.0322. The zero-order valence-electron chi connectivity index (χ0n) is 25.2. The van der Waals surface area contributed by atoms with Crippen molar-refractivity contribution in [3.8, 4) is 0 Å².